The molecule has 0 aliphatic carbocycles. The Bertz CT molecular complexity index is 555. The van der Waals surface area contributed by atoms with Gasteiger partial charge >= 0.3 is 0 Å². The lowest BCUT2D eigenvalue weighted by Gasteiger charge is -2.24. The number of ether oxygens (including phenoxy) is 1. The molecule has 2 rings (SSSR count). The first-order chi connectivity index (χ1) is 9.61. The summed E-state index contributed by atoms with van der Waals surface area (Å²) in [6.45, 7) is 1.95. The molecule has 20 heavy (non-hydrogen) atoms. The third kappa shape index (κ3) is 3.60. The van der Waals surface area contributed by atoms with Crippen LogP contribution in [0.15, 0.2) is 53.0 Å². The molecule has 2 unspecified atom stereocenters. The summed E-state index contributed by atoms with van der Waals surface area (Å²) < 4.78 is 6.99. The van der Waals surface area contributed by atoms with E-state index in [1.165, 1.54) is 0 Å². The van der Waals surface area contributed by atoms with E-state index < -0.39 is 0 Å². The first kappa shape index (κ1) is 15.0. The quantitative estimate of drug-likeness (QED) is 0.880. The topological polar surface area (TPSA) is 55.5 Å². The van der Waals surface area contributed by atoms with Crippen molar-refractivity contribution in [3.63, 3.8) is 0 Å². The lowest BCUT2D eigenvalue weighted by Crippen LogP contribution is -2.29. The molecule has 0 saturated carbocycles. The smallest absolute Gasteiger partial charge is 0.140 e. The van der Waals surface area contributed by atoms with E-state index >= 15 is 0 Å². The van der Waals surface area contributed by atoms with Crippen molar-refractivity contribution in [3.05, 3.63) is 64.1 Å². The van der Waals surface area contributed by atoms with E-state index in [1.807, 2.05) is 55.5 Å². The Hall–Kier alpha value is -1.36. The highest BCUT2D eigenvalue weighted by Crippen LogP contribution is 2.29. The Morgan fingerprint density at radius 3 is 2.35 bits per heavy atom. The molecule has 4 heteroatoms. The van der Waals surface area contributed by atoms with Crippen LogP contribution in [-0.2, 0) is 6.61 Å². The number of hydrogen-bond acceptors (Lipinski definition) is 3. The van der Waals surface area contributed by atoms with E-state index in [-0.39, 0.29) is 18.8 Å². The molecule has 0 heterocycles. The summed E-state index contributed by atoms with van der Waals surface area (Å²) in [5.41, 5.74) is 7.93. The van der Waals surface area contributed by atoms with E-state index in [2.05, 4.69) is 15.9 Å². The Morgan fingerprint density at radius 1 is 1.15 bits per heavy atom. The van der Waals surface area contributed by atoms with Gasteiger partial charge in [-0.05, 0) is 30.7 Å². The van der Waals surface area contributed by atoms with Crippen LogP contribution in [-0.4, -0.2) is 11.1 Å². The molecule has 0 aliphatic heterocycles. The fraction of sp³-hybridized carbons (Fsp3) is 0.250. The maximum atomic E-state index is 9.05. The summed E-state index contributed by atoms with van der Waals surface area (Å²) in [4.78, 5) is 0. The number of benzene rings is 2. The van der Waals surface area contributed by atoms with Crippen molar-refractivity contribution < 1.29 is 9.84 Å². The van der Waals surface area contributed by atoms with Gasteiger partial charge in [0.15, 0.2) is 0 Å². The van der Waals surface area contributed by atoms with Gasteiger partial charge in [0.25, 0.3) is 0 Å². The second-order valence-electron chi connectivity index (χ2n) is 4.72. The first-order valence-corrected chi connectivity index (χ1v) is 7.27. The maximum Gasteiger partial charge on any atom is 0.140 e. The van der Waals surface area contributed by atoms with E-state index in [0.717, 1.165) is 21.3 Å². The SMILES string of the molecule is CC(N)C(Oc1ccc(CO)cc1)c1ccccc1Br. The van der Waals surface area contributed by atoms with Gasteiger partial charge in [-0.25, -0.2) is 0 Å². The summed E-state index contributed by atoms with van der Waals surface area (Å²) in [5.74, 6) is 0.736. The van der Waals surface area contributed by atoms with Gasteiger partial charge in [0.1, 0.15) is 11.9 Å². The van der Waals surface area contributed by atoms with Crippen molar-refractivity contribution in [2.75, 3.05) is 0 Å². The van der Waals surface area contributed by atoms with Gasteiger partial charge in [0.2, 0.25) is 0 Å². The molecule has 0 saturated heterocycles. The summed E-state index contributed by atoms with van der Waals surface area (Å²) in [7, 11) is 0. The fourth-order valence-corrected chi connectivity index (χ4v) is 2.49. The molecular formula is C16H18BrNO2. The van der Waals surface area contributed by atoms with E-state index in [4.69, 9.17) is 15.6 Å². The maximum absolute atomic E-state index is 9.05. The monoisotopic (exact) mass is 335 g/mol. The average molecular weight is 336 g/mol. The minimum atomic E-state index is -0.231. The number of aliphatic hydroxyl groups excluding tert-OH is 1. The minimum Gasteiger partial charge on any atom is -0.484 e. The van der Waals surface area contributed by atoms with Crippen LogP contribution >= 0.6 is 15.9 Å². The van der Waals surface area contributed by atoms with Crippen LogP contribution in [0.5, 0.6) is 5.75 Å². The highest BCUT2D eigenvalue weighted by molar-refractivity contribution is 9.10. The molecule has 0 amide bonds. The zero-order valence-corrected chi connectivity index (χ0v) is 12.9. The number of rotatable bonds is 5. The average Bonchev–Trinajstić information content (AvgIpc) is 2.46. The third-order valence-electron chi connectivity index (χ3n) is 3.06. The minimum absolute atomic E-state index is 0.0290. The molecule has 106 valence electrons. The normalized spacial score (nSPS) is 13.8. The highest BCUT2D eigenvalue weighted by atomic mass is 79.9. The third-order valence-corrected chi connectivity index (χ3v) is 3.78. The van der Waals surface area contributed by atoms with Crippen LogP contribution in [0.3, 0.4) is 0 Å². The highest BCUT2D eigenvalue weighted by Gasteiger charge is 2.20. The lowest BCUT2D eigenvalue weighted by atomic mass is 10.0. The van der Waals surface area contributed by atoms with Crippen molar-refractivity contribution in [2.45, 2.75) is 25.7 Å². The molecule has 0 aliphatic rings. The summed E-state index contributed by atoms with van der Waals surface area (Å²) in [5, 5.41) is 9.05. The molecule has 3 N–H and O–H groups in total. The molecular weight excluding hydrogens is 318 g/mol. The van der Waals surface area contributed by atoms with Crippen molar-refractivity contribution in [1.82, 2.24) is 0 Å². The summed E-state index contributed by atoms with van der Waals surface area (Å²) in [6, 6.07) is 15.1. The lowest BCUT2D eigenvalue weighted by molar-refractivity contribution is 0.179. The van der Waals surface area contributed by atoms with Crippen molar-refractivity contribution in [2.24, 2.45) is 5.73 Å². The number of aliphatic hydroxyl groups is 1. The van der Waals surface area contributed by atoms with Crippen LogP contribution in [0, 0.1) is 0 Å². The zero-order valence-electron chi connectivity index (χ0n) is 11.3. The number of nitrogens with two attached hydrogens (primary N) is 1. The predicted octanol–water partition coefficient (Wildman–Crippen LogP) is 3.41. The second kappa shape index (κ2) is 6.88. The van der Waals surface area contributed by atoms with Gasteiger partial charge < -0.3 is 15.6 Å². The Balaban J connectivity index is 2.23. The largest absolute Gasteiger partial charge is 0.484 e. The summed E-state index contributed by atoms with van der Waals surface area (Å²) in [6.07, 6.45) is -0.231. The van der Waals surface area contributed by atoms with E-state index in [1.54, 1.807) is 0 Å². The van der Waals surface area contributed by atoms with Crippen LogP contribution in [0.25, 0.3) is 0 Å². The Morgan fingerprint density at radius 2 is 1.80 bits per heavy atom. The van der Waals surface area contributed by atoms with Gasteiger partial charge in [0, 0.05) is 16.1 Å². The molecule has 2 atom stereocenters. The van der Waals surface area contributed by atoms with Gasteiger partial charge in [0.05, 0.1) is 6.61 Å². The number of halogens is 1. The van der Waals surface area contributed by atoms with Gasteiger partial charge in [-0.1, -0.05) is 46.3 Å². The molecule has 0 spiro atoms. The fourth-order valence-electron chi connectivity index (χ4n) is 1.98. The molecule has 3 nitrogen and oxygen atoms in total. The zero-order chi connectivity index (χ0) is 14.5. The Kier molecular flexibility index (Phi) is 5.17. The molecule has 0 aromatic heterocycles. The number of hydrogen-bond donors (Lipinski definition) is 2. The van der Waals surface area contributed by atoms with E-state index in [9.17, 15) is 0 Å². The van der Waals surface area contributed by atoms with Gasteiger partial charge in [-0.15, -0.1) is 0 Å². The van der Waals surface area contributed by atoms with Crippen molar-refractivity contribution in [3.8, 4) is 5.75 Å². The molecule has 0 bridgehead atoms. The molecule has 0 fully saturated rings. The Labute approximate surface area is 127 Å². The molecule has 0 radical (unpaired) electrons. The van der Waals surface area contributed by atoms with Crippen LogP contribution < -0.4 is 10.5 Å². The van der Waals surface area contributed by atoms with Crippen molar-refractivity contribution in [1.29, 1.82) is 0 Å². The van der Waals surface area contributed by atoms with Gasteiger partial charge in [-0.3, -0.25) is 0 Å². The van der Waals surface area contributed by atoms with Crippen LogP contribution in [0.4, 0.5) is 0 Å². The van der Waals surface area contributed by atoms with Crippen molar-refractivity contribution >= 4 is 15.9 Å². The predicted molar refractivity (Wildman–Crippen MR) is 83.5 cm³/mol. The van der Waals surface area contributed by atoms with Gasteiger partial charge in [-0.2, -0.15) is 0 Å². The first-order valence-electron chi connectivity index (χ1n) is 6.48. The second-order valence-corrected chi connectivity index (χ2v) is 5.58. The standard InChI is InChI=1S/C16H18BrNO2/c1-11(18)16(14-4-2-3-5-15(14)17)20-13-8-6-12(10-19)7-9-13/h2-9,11,16,19H,10,18H2,1H3. The van der Waals surface area contributed by atoms with E-state index in [0.29, 0.717) is 0 Å². The van der Waals surface area contributed by atoms with Crippen LogP contribution in [0.1, 0.15) is 24.2 Å². The molecule has 2 aromatic rings. The van der Waals surface area contributed by atoms with Crippen LogP contribution in [0.2, 0.25) is 0 Å². The molecule has 2 aromatic carbocycles. The summed E-state index contributed by atoms with van der Waals surface area (Å²) >= 11 is 3.53.